The van der Waals surface area contributed by atoms with Crippen molar-refractivity contribution in [3.05, 3.63) is 0 Å². The standard InChI is InChI=1S/C37H63N5O7S/c1-8-26-22-37(26,30(43)32(45)38-9-2)40-31(44)29-27(24(3)4)18-21-42(29)33(46)28(25-16-12-10-13-17-25)39-34(47)41-36(19-14-11-15-20-36)23-50(48,49)35(5,6)7/h24-29H,8-23H2,1-7H3,(H,38,45)(H,40,44)(H2,39,41,47)/t26-,27+,28-,29-,37+/m0/s1. The number of urea groups is 1. The van der Waals surface area contributed by atoms with Crippen LogP contribution in [0.5, 0.6) is 0 Å². The summed E-state index contributed by atoms with van der Waals surface area (Å²) in [6, 6.07) is -2.32. The zero-order valence-electron chi connectivity index (χ0n) is 31.5. The Morgan fingerprint density at radius 1 is 0.880 bits per heavy atom. The van der Waals surface area contributed by atoms with Gasteiger partial charge < -0.3 is 26.2 Å². The number of sulfone groups is 1. The van der Waals surface area contributed by atoms with E-state index in [1.165, 1.54) is 0 Å². The Labute approximate surface area is 299 Å². The maximum absolute atomic E-state index is 14.7. The second-order valence-corrected chi connectivity index (χ2v) is 19.6. The average Bonchev–Trinajstić information content (AvgIpc) is 3.57. The van der Waals surface area contributed by atoms with E-state index in [9.17, 15) is 32.4 Å². The summed E-state index contributed by atoms with van der Waals surface area (Å²) in [4.78, 5) is 70.5. The summed E-state index contributed by atoms with van der Waals surface area (Å²) in [5.74, 6) is -2.74. The molecule has 0 unspecified atom stereocenters. The van der Waals surface area contributed by atoms with Crippen LogP contribution in [0.1, 0.15) is 132 Å². The molecule has 0 aromatic rings. The Balaban J connectivity index is 1.60. The number of hydrogen-bond donors (Lipinski definition) is 4. The predicted molar refractivity (Wildman–Crippen MR) is 193 cm³/mol. The van der Waals surface area contributed by atoms with E-state index in [1.54, 1.807) is 32.6 Å². The number of Topliss-reactive ketones (excluding diaryl/α,β-unsaturated/α-hetero) is 1. The molecule has 4 rings (SSSR count). The van der Waals surface area contributed by atoms with Gasteiger partial charge >= 0.3 is 6.03 Å². The summed E-state index contributed by atoms with van der Waals surface area (Å²) in [5, 5.41) is 11.6. The number of amides is 5. The molecule has 0 aromatic carbocycles. The molecule has 4 N–H and O–H groups in total. The highest BCUT2D eigenvalue weighted by molar-refractivity contribution is 7.92. The Hall–Kier alpha value is -2.70. The van der Waals surface area contributed by atoms with Gasteiger partial charge in [-0.15, -0.1) is 0 Å². The van der Waals surface area contributed by atoms with Gasteiger partial charge in [-0.1, -0.05) is 65.7 Å². The molecule has 3 aliphatic carbocycles. The van der Waals surface area contributed by atoms with Crippen molar-refractivity contribution in [2.24, 2.45) is 23.7 Å². The van der Waals surface area contributed by atoms with E-state index >= 15 is 0 Å². The van der Waals surface area contributed by atoms with E-state index < -0.39 is 61.4 Å². The molecule has 1 saturated heterocycles. The molecule has 0 bridgehead atoms. The Morgan fingerprint density at radius 3 is 2.04 bits per heavy atom. The number of rotatable bonds is 13. The molecular formula is C37H63N5O7S. The lowest BCUT2D eigenvalue weighted by Gasteiger charge is -2.41. The largest absolute Gasteiger partial charge is 0.350 e. The second kappa shape index (κ2) is 15.9. The van der Waals surface area contributed by atoms with Crippen molar-refractivity contribution in [3.8, 4) is 0 Å². The van der Waals surface area contributed by atoms with E-state index in [0.29, 0.717) is 45.2 Å². The highest BCUT2D eigenvalue weighted by atomic mass is 32.2. The lowest BCUT2D eigenvalue weighted by molar-refractivity contribution is -0.145. The molecule has 5 atom stereocenters. The molecule has 284 valence electrons. The van der Waals surface area contributed by atoms with Crippen LogP contribution in [-0.4, -0.2) is 89.6 Å². The van der Waals surface area contributed by atoms with Crippen molar-refractivity contribution >= 4 is 39.4 Å². The molecule has 50 heavy (non-hydrogen) atoms. The number of ketones is 1. The fraction of sp³-hybridized carbons (Fsp3) is 0.865. The number of nitrogens with zero attached hydrogens (tertiary/aromatic N) is 1. The molecule has 1 aliphatic heterocycles. The third-order valence-electron chi connectivity index (χ3n) is 12.0. The van der Waals surface area contributed by atoms with Crippen LogP contribution >= 0.6 is 0 Å². The summed E-state index contributed by atoms with van der Waals surface area (Å²) in [5.41, 5.74) is -2.22. The van der Waals surface area contributed by atoms with Gasteiger partial charge in [0.1, 0.15) is 17.6 Å². The van der Waals surface area contributed by atoms with Crippen LogP contribution < -0.4 is 21.3 Å². The third-order valence-corrected chi connectivity index (χ3v) is 14.8. The molecule has 0 spiro atoms. The zero-order valence-corrected chi connectivity index (χ0v) is 32.3. The molecular weight excluding hydrogens is 659 g/mol. The number of hydrogen-bond acceptors (Lipinski definition) is 7. The minimum absolute atomic E-state index is 0.0556. The number of likely N-dealkylation sites (tertiary alicyclic amines) is 1. The van der Waals surface area contributed by atoms with Crippen LogP contribution in [0.2, 0.25) is 0 Å². The quantitative estimate of drug-likeness (QED) is 0.208. The van der Waals surface area contributed by atoms with Crippen molar-refractivity contribution in [1.82, 2.24) is 26.2 Å². The SMILES string of the molecule is CCNC(=O)C(=O)[C@@]1(NC(=O)[C@@H]2[C@@H](C(C)C)CCN2C(=O)[C@@H](NC(=O)NC2(CS(=O)(=O)C(C)(C)C)CCCCC2)C2CCCCC2)C[C@@H]1CC. The first-order chi connectivity index (χ1) is 23.4. The average molecular weight is 722 g/mol. The molecule has 0 aromatic heterocycles. The van der Waals surface area contributed by atoms with E-state index in [-0.39, 0.29) is 35.3 Å². The normalized spacial score (nSPS) is 27.7. The molecule has 0 radical (unpaired) electrons. The van der Waals surface area contributed by atoms with E-state index in [4.69, 9.17) is 0 Å². The van der Waals surface area contributed by atoms with Crippen LogP contribution in [0, 0.1) is 23.7 Å². The van der Waals surface area contributed by atoms with Crippen LogP contribution in [0.25, 0.3) is 0 Å². The zero-order chi connectivity index (χ0) is 37.1. The summed E-state index contributed by atoms with van der Waals surface area (Å²) in [7, 11) is -3.55. The van der Waals surface area contributed by atoms with Gasteiger partial charge in [0.2, 0.25) is 17.6 Å². The minimum Gasteiger partial charge on any atom is -0.350 e. The first-order valence-electron chi connectivity index (χ1n) is 19.2. The Bertz CT molecular complexity index is 1380. The first-order valence-corrected chi connectivity index (χ1v) is 20.8. The van der Waals surface area contributed by atoms with E-state index in [2.05, 4.69) is 21.3 Å². The Morgan fingerprint density at radius 2 is 1.50 bits per heavy atom. The van der Waals surface area contributed by atoms with Gasteiger partial charge in [-0.05, 0) is 89.9 Å². The summed E-state index contributed by atoms with van der Waals surface area (Å²) < 4.78 is 25.8. The molecule has 5 amide bonds. The van der Waals surface area contributed by atoms with Gasteiger partial charge in [0.05, 0.1) is 16.0 Å². The topological polar surface area (TPSA) is 171 Å². The minimum atomic E-state index is -3.55. The lowest BCUT2D eigenvalue weighted by Crippen LogP contribution is -2.63. The summed E-state index contributed by atoms with van der Waals surface area (Å²) in [6.45, 7) is 13.3. The highest BCUT2D eigenvalue weighted by Gasteiger charge is 2.62. The monoisotopic (exact) mass is 721 g/mol. The van der Waals surface area contributed by atoms with Crippen molar-refractivity contribution in [2.45, 2.75) is 160 Å². The smallest absolute Gasteiger partial charge is 0.315 e. The highest BCUT2D eigenvalue weighted by Crippen LogP contribution is 2.47. The van der Waals surface area contributed by atoms with Gasteiger partial charge in [-0.25, -0.2) is 13.2 Å². The lowest BCUT2D eigenvalue weighted by atomic mass is 9.82. The number of likely N-dealkylation sites (N-methyl/N-ethyl adjacent to an activating group) is 1. The van der Waals surface area contributed by atoms with Gasteiger partial charge in [0.25, 0.3) is 5.91 Å². The first kappa shape index (κ1) is 40.1. The van der Waals surface area contributed by atoms with Crippen molar-refractivity contribution < 1.29 is 32.4 Å². The predicted octanol–water partition coefficient (Wildman–Crippen LogP) is 4.01. The summed E-state index contributed by atoms with van der Waals surface area (Å²) in [6.07, 6.45) is 9.62. The molecule has 13 heteroatoms. The molecule has 4 fully saturated rings. The maximum atomic E-state index is 14.7. The van der Waals surface area contributed by atoms with E-state index in [0.717, 1.165) is 51.4 Å². The second-order valence-electron chi connectivity index (χ2n) is 16.8. The fourth-order valence-electron chi connectivity index (χ4n) is 8.70. The Kier molecular flexibility index (Phi) is 12.7. The van der Waals surface area contributed by atoms with Gasteiger partial charge in [0, 0.05) is 13.1 Å². The fourth-order valence-corrected chi connectivity index (χ4v) is 10.2. The molecule has 3 saturated carbocycles. The van der Waals surface area contributed by atoms with Gasteiger partial charge in [-0.2, -0.15) is 0 Å². The van der Waals surface area contributed by atoms with Crippen LogP contribution in [0.4, 0.5) is 4.79 Å². The molecule has 1 heterocycles. The maximum Gasteiger partial charge on any atom is 0.315 e. The molecule has 12 nitrogen and oxygen atoms in total. The van der Waals surface area contributed by atoms with Crippen LogP contribution in [0.15, 0.2) is 0 Å². The third kappa shape index (κ3) is 8.66. The molecule has 4 aliphatic rings. The van der Waals surface area contributed by atoms with Crippen molar-refractivity contribution in [3.63, 3.8) is 0 Å². The van der Waals surface area contributed by atoms with Crippen LogP contribution in [0.3, 0.4) is 0 Å². The van der Waals surface area contributed by atoms with Crippen molar-refractivity contribution in [2.75, 3.05) is 18.8 Å². The van der Waals surface area contributed by atoms with Gasteiger partial charge in [-0.3, -0.25) is 19.2 Å². The van der Waals surface area contributed by atoms with Crippen molar-refractivity contribution in [1.29, 1.82) is 0 Å². The van der Waals surface area contributed by atoms with E-state index in [1.807, 2.05) is 20.8 Å². The number of carbonyl (C=O) groups is 5. The summed E-state index contributed by atoms with van der Waals surface area (Å²) >= 11 is 0. The number of nitrogens with one attached hydrogen (secondary N) is 4. The van der Waals surface area contributed by atoms with Gasteiger partial charge in [0.15, 0.2) is 9.84 Å². The number of carbonyl (C=O) groups excluding carboxylic acids is 5. The van der Waals surface area contributed by atoms with Crippen LogP contribution in [-0.2, 0) is 29.0 Å².